The molecule has 0 fully saturated rings. The number of anilines is 2. The number of aromatic hydroxyl groups is 1. The molecular weight excluding hydrogens is 332 g/mol. The molecule has 1 aliphatic rings. The lowest BCUT2D eigenvalue weighted by Crippen LogP contribution is -1.97. The van der Waals surface area contributed by atoms with E-state index in [0.29, 0.717) is 11.5 Å². The van der Waals surface area contributed by atoms with Gasteiger partial charge >= 0.3 is 0 Å². The molecular formula is C19H14N4O3. The Hall–Kier alpha value is -3.74. The average Bonchev–Trinajstić information content (AvgIpc) is 3.18. The molecule has 0 saturated heterocycles. The second kappa shape index (κ2) is 6.29. The Balaban J connectivity index is 1.77. The first-order chi connectivity index (χ1) is 12.6. The number of nitrogens with one attached hydrogen (secondary N) is 1. The third kappa shape index (κ3) is 2.75. The predicted octanol–water partition coefficient (Wildman–Crippen LogP) is 3.98. The number of rotatable bonds is 4. The van der Waals surface area contributed by atoms with Crippen molar-refractivity contribution in [3.05, 3.63) is 59.7 Å². The van der Waals surface area contributed by atoms with Gasteiger partial charge in [-0.15, -0.1) is 0 Å². The topological polar surface area (TPSA) is 101 Å². The van der Waals surface area contributed by atoms with E-state index in [4.69, 9.17) is 4.42 Å². The Morgan fingerprint density at radius 2 is 2.12 bits per heavy atom. The van der Waals surface area contributed by atoms with Gasteiger partial charge in [0, 0.05) is 29.7 Å². The van der Waals surface area contributed by atoms with Gasteiger partial charge in [0.1, 0.15) is 5.56 Å². The number of hydrogen-bond acceptors (Lipinski definition) is 7. The van der Waals surface area contributed by atoms with Crippen LogP contribution in [0.25, 0.3) is 11.6 Å². The van der Waals surface area contributed by atoms with Crippen molar-refractivity contribution in [1.29, 1.82) is 0 Å². The molecule has 3 aromatic rings. The van der Waals surface area contributed by atoms with Crippen LogP contribution in [0, 0.1) is 0 Å². The lowest BCUT2D eigenvalue weighted by Gasteiger charge is -2.03. The summed E-state index contributed by atoms with van der Waals surface area (Å²) in [5.41, 5.74) is 2.29. The van der Waals surface area contributed by atoms with Gasteiger partial charge < -0.3 is 14.8 Å². The number of Topliss-reactive ketones (excluding diaryl/α,β-unsaturated/α-hetero) is 1. The van der Waals surface area contributed by atoms with Crippen LogP contribution in [-0.4, -0.2) is 27.1 Å². The van der Waals surface area contributed by atoms with Crippen LogP contribution in [-0.2, 0) is 0 Å². The standard InChI is InChI=1S/C19H14N4O3/c1-11(24)16-17(25)15(26-19(16)23-13-4-2-6-20-10-13)8-12-9-22-18-14(12)5-3-7-21-18/h2-10,23,25H,1H3. The molecule has 0 amide bonds. The van der Waals surface area contributed by atoms with E-state index < -0.39 is 0 Å². The summed E-state index contributed by atoms with van der Waals surface area (Å²) in [6, 6.07) is 7.21. The molecule has 0 spiro atoms. The molecule has 0 radical (unpaired) electrons. The zero-order chi connectivity index (χ0) is 18.1. The molecule has 1 aliphatic heterocycles. The smallest absolute Gasteiger partial charge is 0.212 e. The third-order valence-corrected chi connectivity index (χ3v) is 3.89. The second-order valence-corrected chi connectivity index (χ2v) is 5.67. The van der Waals surface area contributed by atoms with Gasteiger partial charge in [0.05, 0.1) is 11.9 Å². The van der Waals surface area contributed by atoms with Gasteiger partial charge in [-0.05, 0) is 37.3 Å². The largest absolute Gasteiger partial charge is 0.504 e. The summed E-state index contributed by atoms with van der Waals surface area (Å²) >= 11 is 0. The SMILES string of the molecule is CC(=O)c1c(Nc2cccnc2)oc(C=C2C=Nc3ncccc32)c1O. The molecule has 128 valence electrons. The fourth-order valence-corrected chi connectivity index (χ4v) is 2.70. The van der Waals surface area contributed by atoms with Crippen molar-refractivity contribution in [3.63, 3.8) is 0 Å². The number of aliphatic imine (C=N–C) groups is 1. The molecule has 4 rings (SSSR count). The maximum absolute atomic E-state index is 12.0. The highest BCUT2D eigenvalue weighted by Gasteiger charge is 2.24. The van der Waals surface area contributed by atoms with Gasteiger partial charge in [-0.2, -0.15) is 0 Å². The van der Waals surface area contributed by atoms with E-state index >= 15 is 0 Å². The summed E-state index contributed by atoms with van der Waals surface area (Å²) in [6.45, 7) is 1.37. The van der Waals surface area contributed by atoms with Crippen molar-refractivity contribution in [2.24, 2.45) is 4.99 Å². The molecule has 0 atom stereocenters. The van der Waals surface area contributed by atoms with Gasteiger partial charge in [0.2, 0.25) is 5.88 Å². The maximum Gasteiger partial charge on any atom is 0.212 e. The molecule has 4 heterocycles. The Morgan fingerprint density at radius 1 is 1.27 bits per heavy atom. The Labute approximate surface area is 148 Å². The fraction of sp³-hybridized carbons (Fsp3) is 0.0526. The maximum atomic E-state index is 12.0. The van der Waals surface area contributed by atoms with Gasteiger partial charge in [-0.3, -0.25) is 9.78 Å². The zero-order valence-electron chi connectivity index (χ0n) is 13.8. The van der Waals surface area contributed by atoms with E-state index in [-0.39, 0.29) is 28.7 Å². The molecule has 7 nitrogen and oxygen atoms in total. The molecule has 26 heavy (non-hydrogen) atoms. The molecule has 0 aromatic carbocycles. The number of furan rings is 1. The van der Waals surface area contributed by atoms with E-state index in [9.17, 15) is 9.90 Å². The summed E-state index contributed by atoms with van der Waals surface area (Å²) in [4.78, 5) is 24.4. The number of allylic oxidation sites excluding steroid dienone is 1. The average molecular weight is 346 g/mol. The van der Waals surface area contributed by atoms with Crippen molar-refractivity contribution in [1.82, 2.24) is 9.97 Å². The van der Waals surface area contributed by atoms with E-state index in [1.54, 1.807) is 49.1 Å². The number of carbonyl (C=O) groups is 1. The Bertz CT molecular complexity index is 1050. The highest BCUT2D eigenvalue weighted by Crippen LogP contribution is 2.39. The van der Waals surface area contributed by atoms with E-state index in [2.05, 4.69) is 20.3 Å². The first kappa shape index (κ1) is 15.8. The summed E-state index contributed by atoms with van der Waals surface area (Å²) in [7, 11) is 0. The van der Waals surface area contributed by atoms with Crippen LogP contribution in [0.1, 0.15) is 28.6 Å². The molecule has 2 N–H and O–H groups in total. The van der Waals surface area contributed by atoms with Crippen LogP contribution in [0.3, 0.4) is 0 Å². The van der Waals surface area contributed by atoms with Crippen molar-refractivity contribution >= 4 is 41.0 Å². The minimum Gasteiger partial charge on any atom is -0.504 e. The lowest BCUT2D eigenvalue weighted by molar-refractivity contribution is 0.101. The number of carbonyl (C=O) groups excluding carboxylic acids is 1. The van der Waals surface area contributed by atoms with Crippen molar-refractivity contribution < 1.29 is 14.3 Å². The quantitative estimate of drug-likeness (QED) is 0.693. The summed E-state index contributed by atoms with van der Waals surface area (Å²) in [6.07, 6.45) is 8.16. The van der Waals surface area contributed by atoms with Gasteiger partial charge in [0.25, 0.3) is 0 Å². The van der Waals surface area contributed by atoms with E-state index in [1.807, 2.05) is 6.07 Å². The van der Waals surface area contributed by atoms with E-state index in [0.717, 1.165) is 11.1 Å². The fourth-order valence-electron chi connectivity index (χ4n) is 2.70. The number of pyridine rings is 2. The van der Waals surface area contributed by atoms with Gasteiger partial charge in [-0.1, -0.05) is 0 Å². The molecule has 0 saturated carbocycles. The van der Waals surface area contributed by atoms with Crippen LogP contribution in [0.15, 0.2) is 52.3 Å². The minimum absolute atomic E-state index is 0.0852. The van der Waals surface area contributed by atoms with Crippen molar-refractivity contribution in [2.45, 2.75) is 6.92 Å². The predicted molar refractivity (Wildman–Crippen MR) is 98.2 cm³/mol. The molecule has 3 aromatic heterocycles. The monoisotopic (exact) mass is 346 g/mol. The minimum atomic E-state index is -0.315. The first-order valence-corrected chi connectivity index (χ1v) is 7.88. The first-order valence-electron chi connectivity index (χ1n) is 7.88. The summed E-state index contributed by atoms with van der Waals surface area (Å²) in [5, 5.41) is 13.5. The van der Waals surface area contributed by atoms with Gasteiger partial charge in [-0.25, -0.2) is 9.98 Å². The van der Waals surface area contributed by atoms with E-state index in [1.165, 1.54) is 6.92 Å². The highest BCUT2D eigenvalue weighted by molar-refractivity contribution is 6.21. The van der Waals surface area contributed by atoms with Crippen LogP contribution in [0.5, 0.6) is 5.75 Å². The third-order valence-electron chi connectivity index (χ3n) is 3.89. The number of fused-ring (bicyclic) bond motifs is 1. The second-order valence-electron chi connectivity index (χ2n) is 5.67. The summed E-state index contributed by atoms with van der Waals surface area (Å²) < 4.78 is 5.72. The molecule has 0 aliphatic carbocycles. The van der Waals surface area contributed by atoms with Gasteiger partial charge in [0.15, 0.2) is 23.1 Å². The van der Waals surface area contributed by atoms with Crippen LogP contribution >= 0.6 is 0 Å². The zero-order valence-corrected chi connectivity index (χ0v) is 13.8. The number of nitrogens with zero attached hydrogens (tertiary/aromatic N) is 3. The number of hydrogen-bond donors (Lipinski definition) is 2. The van der Waals surface area contributed by atoms with Crippen LogP contribution in [0.2, 0.25) is 0 Å². The Kier molecular flexibility index (Phi) is 3.81. The van der Waals surface area contributed by atoms with Crippen LogP contribution in [0.4, 0.5) is 17.4 Å². The lowest BCUT2D eigenvalue weighted by atomic mass is 10.1. The molecule has 0 unspecified atom stereocenters. The normalized spacial score (nSPS) is 13.8. The number of aromatic nitrogens is 2. The number of ketones is 1. The summed E-state index contributed by atoms with van der Waals surface area (Å²) in [5.74, 6) is 0.396. The molecule has 7 heteroatoms. The van der Waals surface area contributed by atoms with Crippen molar-refractivity contribution in [2.75, 3.05) is 5.32 Å². The highest BCUT2D eigenvalue weighted by atomic mass is 16.4. The van der Waals surface area contributed by atoms with Crippen molar-refractivity contribution in [3.8, 4) is 5.75 Å². The van der Waals surface area contributed by atoms with Crippen LogP contribution < -0.4 is 5.32 Å². The Morgan fingerprint density at radius 3 is 2.88 bits per heavy atom. The molecule has 0 bridgehead atoms.